The average Bonchev–Trinajstić information content (AvgIpc) is 2.35. The summed E-state index contributed by atoms with van der Waals surface area (Å²) in [7, 11) is -2.17. The van der Waals surface area contributed by atoms with E-state index in [9.17, 15) is 13.2 Å². The second-order valence-electron chi connectivity index (χ2n) is 4.77. The highest BCUT2D eigenvalue weighted by Gasteiger charge is 2.33. The third-order valence-corrected chi connectivity index (χ3v) is 5.26. The van der Waals surface area contributed by atoms with Crippen LogP contribution in [0.4, 0.5) is 0 Å². The van der Waals surface area contributed by atoms with Crippen molar-refractivity contribution >= 4 is 16.0 Å². The molecule has 2 N–H and O–H groups in total. The zero-order valence-electron chi connectivity index (χ0n) is 11.0. The van der Waals surface area contributed by atoms with Crippen molar-refractivity contribution in [1.82, 2.24) is 4.31 Å². The van der Waals surface area contributed by atoms with Crippen LogP contribution in [0.5, 0.6) is 0 Å². The molecule has 0 amide bonds. The molecule has 0 aromatic carbocycles. The third kappa shape index (κ3) is 3.93. The number of piperidine rings is 1. The summed E-state index contributed by atoms with van der Waals surface area (Å²) in [6.07, 6.45) is 1.52. The summed E-state index contributed by atoms with van der Waals surface area (Å²) in [6, 6.07) is -0.142. The van der Waals surface area contributed by atoms with Crippen LogP contribution < -0.4 is 5.73 Å². The lowest BCUT2D eigenvalue weighted by molar-refractivity contribution is -0.140. The molecule has 0 bridgehead atoms. The molecular weight excluding hydrogens is 256 g/mol. The summed E-state index contributed by atoms with van der Waals surface area (Å²) < 4.78 is 30.2. The van der Waals surface area contributed by atoms with Gasteiger partial charge in [0.25, 0.3) is 0 Å². The van der Waals surface area contributed by atoms with Gasteiger partial charge in [0.15, 0.2) is 0 Å². The maximum Gasteiger partial charge on any atom is 0.306 e. The van der Waals surface area contributed by atoms with Crippen LogP contribution in [-0.4, -0.2) is 50.7 Å². The van der Waals surface area contributed by atoms with Crippen molar-refractivity contribution < 1.29 is 17.9 Å². The van der Waals surface area contributed by atoms with Crippen LogP contribution in [0, 0.1) is 5.92 Å². The molecule has 1 rings (SSSR count). The number of hydrogen-bond donors (Lipinski definition) is 1. The molecule has 0 saturated carbocycles. The normalized spacial score (nSPS) is 25.9. The van der Waals surface area contributed by atoms with Crippen LogP contribution in [0.3, 0.4) is 0 Å². The Morgan fingerprint density at radius 3 is 2.72 bits per heavy atom. The molecule has 1 aliphatic rings. The minimum absolute atomic E-state index is 0.109. The van der Waals surface area contributed by atoms with Crippen LogP contribution in [0.15, 0.2) is 0 Å². The Morgan fingerprint density at radius 1 is 1.50 bits per heavy atom. The first-order valence-electron chi connectivity index (χ1n) is 6.17. The van der Waals surface area contributed by atoms with Gasteiger partial charge < -0.3 is 10.5 Å². The van der Waals surface area contributed by atoms with Gasteiger partial charge in [0.1, 0.15) is 0 Å². The molecule has 2 atom stereocenters. The van der Waals surface area contributed by atoms with Gasteiger partial charge in [0.2, 0.25) is 10.0 Å². The van der Waals surface area contributed by atoms with Crippen molar-refractivity contribution in [2.75, 3.05) is 26.0 Å². The lowest BCUT2D eigenvalue weighted by Gasteiger charge is -2.36. The number of rotatable bonds is 5. The van der Waals surface area contributed by atoms with Gasteiger partial charge in [-0.05, 0) is 18.8 Å². The molecule has 1 aliphatic heterocycles. The van der Waals surface area contributed by atoms with Crippen LogP contribution in [0.2, 0.25) is 0 Å². The minimum atomic E-state index is -3.42. The average molecular weight is 278 g/mol. The topological polar surface area (TPSA) is 89.7 Å². The zero-order chi connectivity index (χ0) is 13.8. The Labute approximate surface area is 109 Å². The Kier molecular flexibility index (Phi) is 5.55. The number of carbonyl (C=O) groups is 1. The fraction of sp³-hybridized carbons (Fsp3) is 0.909. The van der Waals surface area contributed by atoms with Crippen molar-refractivity contribution in [3.8, 4) is 0 Å². The van der Waals surface area contributed by atoms with Gasteiger partial charge in [0, 0.05) is 19.1 Å². The highest BCUT2D eigenvalue weighted by atomic mass is 32.2. The molecule has 18 heavy (non-hydrogen) atoms. The van der Waals surface area contributed by atoms with E-state index in [1.165, 1.54) is 11.4 Å². The van der Waals surface area contributed by atoms with E-state index < -0.39 is 16.0 Å². The van der Waals surface area contributed by atoms with Crippen LogP contribution in [-0.2, 0) is 19.6 Å². The van der Waals surface area contributed by atoms with E-state index in [-0.39, 0.29) is 18.2 Å². The van der Waals surface area contributed by atoms with Crippen LogP contribution in [0.25, 0.3) is 0 Å². The quantitative estimate of drug-likeness (QED) is 0.711. The molecule has 0 aromatic heterocycles. The second-order valence-corrected chi connectivity index (χ2v) is 6.81. The zero-order valence-corrected chi connectivity index (χ0v) is 11.8. The third-order valence-electron chi connectivity index (χ3n) is 3.35. The highest BCUT2D eigenvalue weighted by Crippen LogP contribution is 2.24. The summed E-state index contributed by atoms with van der Waals surface area (Å²) in [4.78, 5) is 11.0. The van der Waals surface area contributed by atoms with Crippen LogP contribution in [0.1, 0.15) is 26.2 Å². The molecule has 0 aliphatic carbocycles. The van der Waals surface area contributed by atoms with E-state index in [4.69, 9.17) is 5.73 Å². The maximum atomic E-state index is 12.1. The van der Waals surface area contributed by atoms with E-state index in [0.29, 0.717) is 19.0 Å². The molecule has 2 unspecified atom stereocenters. The lowest BCUT2D eigenvalue weighted by Crippen LogP contribution is -2.50. The van der Waals surface area contributed by atoms with Crippen LogP contribution >= 0.6 is 0 Å². The van der Waals surface area contributed by atoms with Gasteiger partial charge in [0.05, 0.1) is 19.3 Å². The van der Waals surface area contributed by atoms with E-state index >= 15 is 0 Å². The molecule has 106 valence electrons. The monoisotopic (exact) mass is 278 g/mol. The number of sulfonamides is 1. The number of ether oxygens (including phenoxy) is 1. The summed E-state index contributed by atoms with van der Waals surface area (Å²) in [5, 5.41) is 0. The predicted molar refractivity (Wildman–Crippen MR) is 68.4 cm³/mol. The first-order chi connectivity index (χ1) is 8.40. The Balaban J connectivity index is 2.68. The number of nitrogens with two attached hydrogens (primary N) is 1. The summed E-state index contributed by atoms with van der Waals surface area (Å²) in [5.41, 5.74) is 5.64. The predicted octanol–water partition coefficient (Wildman–Crippen LogP) is -0.0615. The fourth-order valence-corrected chi connectivity index (χ4v) is 3.91. The van der Waals surface area contributed by atoms with Gasteiger partial charge in [-0.2, -0.15) is 4.31 Å². The number of esters is 1. The standard InChI is InChI=1S/C11H22N2O4S/c1-9-3-5-13(10(7-9)8-12)18(15,16)6-4-11(14)17-2/h9-10H,3-8,12H2,1-2H3. The van der Waals surface area contributed by atoms with E-state index in [1.54, 1.807) is 0 Å². The molecule has 0 aromatic rings. The summed E-state index contributed by atoms with van der Waals surface area (Å²) in [5.74, 6) is -0.219. The SMILES string of the molecule is COC(=O)CCS(=O)(=O)N1CCC(C)CC1CN. The lowest BCUT2D eigenvalue weighted by atomic mass is 9.94. The molecule has 1 saturated heterocycles. The number of carbonyl (C=O) groups excluding carboxylic acids is 1. The minimum Gasteiger partial charge on any atom is -0.469 e. The van der Waals surface area contributed by atoms with Gasteiger partial charge in [-0.25, -0.2) is 8.42 Å². The number of hydrogen-bond acceptors (Lipinski definition) is 5. The van der Waals surface area contributed by atoms with E-state index in [0.717, 1.165) is 12.8 Å². The van der Waals surface area contributed by atoms with Crippen molar-refractivity contribution in [2.45, 2.75) is 32.2 Å². The van der Waals surface area contributed by atoms with Gasteiger partial charge >= 0.3 is 5.97 Å². The van der Waals surface area contributed by atoms with Gasteiger partial charge in [-0.3, -0.25) is 4.79 Å². The smallest absolute Gasteiger partial charge is 0.306 e. The summed E-state index contributed by atoms with van der Waals surface area (Å²) in [6.45, 7) is 2.91. The molecule has 1 heterocycles. The van der Waals surface area contributed by atoms with Crippen molar-refractivity contribution in [2.24, 2.45) is 11.7 Å². The number of nitrogens with zero attached hydrogens (tertiary/aromatic N) is 1. The number of methoxy groups -OCH3 is 1. The van der Waals surface area contributed by atoms with Gasteiger partial charge in [-0.1, -0.05) is 6.92 Å². The second kappa shape index (κ2) is 6.49. The van der Waals surface area contributed by atoms with E-state index in [2.05, 4.69) is 11.7 Å². The van der Waals surface area contributed by atoms with E-state index in [1.807, 2.05) is 0 Å². The highest BCUT2D eigenvalue weighted by molar-refractivity contribution is 7.89. The van der Waals surface area contributed by atoms with Crippen molar-refractivity contribution in [1.29, 1.82) is 0 Å². The molecule has 7 heteroatoms. The Hall–Kier alpha value is -0.660. The molecule has 6 nitrogen and oxygen atoms in total. The Bertz CT molecular complexity index is 383. The van der Waals surface area contributed by atoms with Gasteiger partial charge in [-0.15, -0.1) is 0 Å². The molecular formula is C11H22N2O4S. The van der Waals surface area contributed by atoms with Crippen molar-refractivity contribution in [3.05, 3.63) is 0 Å². The molecule has 1 fully saturated rings. The van der Waals surface area contributed by atoms with Crippen molar-refractivity contribution in [3.63, 3.8) is 0 Å². The molecule has 0 radical (unpaired) electrons. The maximum absolute atomic E-state index is 12.1. The molecule has 0 spiro atoms. The largest absolute Gasteiger partial charge is 0.469 e. The fourth-order valence-electron chi connectivity index (χ4n) is 2.24. The first kappa shape index (κ1) is 15.4. The summed E-state index contributed by atoms with van der Waals surface area (Å²) >= 11 is 0. The first-order valence-corrected chi connectivity index (χ1v) is 7.78. The Morgan fingerprint density at radius 2 is 2.17 bits per heavy atom.